The largest absolute Gasteiger partial charge is 0.352 e. The molecule has 0 radical (unpaired) electrons. The molecule has 0 saturated carbocycles. The maximum atomic E-state index is 12.5. The Bertz CT molecular complexity index is 780. The van der Waals surface area contributed by atoms with Gasteiger partial charge in [0.2, 0.25) is 5.91 Å². The predicted octanol–water partition coefficient (Wildman–Crippen LogP) is 2.84. The second-order valence-electron chi connectivity index (χ2n) is 8.24. The standard InChI is InChI=1S/C22H31N5OS/c1-17-24-15-21(29-17)16-26-9-6-20(7-10-26)27-11-4-19(5-12-27)22(28)25-14-18-3-2-8-23-13-18/h2-3,8,13,15,19-20H,4-7,9-12,14,16H2,1H3,(H,25,28). The summed E-state index contributed by atoms with van der Waals surface area (Å²) in [5.41, 5.74) is 1.05. The number of nitrogens with zero attached hydrogens (tertiary/aromatic N) is 4. The zero-order valence-electron chi connectivity index (χ0n) is 17.2. The van der Waals surface area contributed by atoms with E-state index in [2.05, 4.69) is 32.0 Å². The Morgan fingerprint density at radius 2 is 1.97 bits per heavy atom. The molecule has 1 amide bonds. The van der Waals surface area contributed by atoms with Crippen molar-refractivity contribution in [3.63, 3.8) is 0 Å². The highest BCUT2D eigenvalue weighted by molar-refractivity contribution is 7.11. The minimum atomic E-state index is 0.151. The first kappa shape index (κ1) is 20.4. The summed E-state index contributed by atoms with van der Waals surface area (Å²) in [7, 11) is 0. The smallest absolute Gasteiger partial charge is 0.223 e. The van der Waals surface area contributed by atoms with Gasteiger partial charge in [-0.1, -0.05) is 6.07 Å². The molecule has 0 bridgehead atoms. The lowest BCUT2D eigenvalue weighted by Gasteiger charge is -2.41. The molecule has 6 nitrogen and oxygen atoms in total. The second kappa shape index (κ2) is 9.78. The van der Waals surface area contributed by atoms with Crippen molar-refractivity contribution >= 4 is 17.2 Å². The van der Waals surface area contributed by atoms with Gasteiger partial charge in [-0.2, -0.15) is 0 Å². The van der Waals surface area contributed by atoms with Crippen LogP contribution in [0.1, 0.15) is 41.1 Å². The molecule has 0 spiro atoms. The highest BCUT2D eigenvalue weighted by atomic mass is 32.1. The van der Waals surface area contributed by atoms with E-state index in [1.54, 1.807) is 6.20 Å². The number of carbonyl (C=O) groups excluding carboxylic acids is 1. The number of rotatable bonds is 6. The Morgan fingerprint density at radius 3 is 2.62 bits per heavy atom. The molecule has 29 heavy (non-hydrogen) atoms. The summed E-state index contributed by atoms with van der Waals surface area (Å²) < 4.78 is 0. The Balaban J connectivity index is 1.17. The Kier molecular flexibility index (Phi) is 6.90. The van der Waals surface area contributed by atoms with Gasteiger partial charge in [-0.05, 0) is 57.3 Å². The number of aromatic nitrogens is 2. The van der Waals surface area contributed by atoms with Crippen molar-refractivity contribution in [2.45, 2.75) is 51.7 Å². The van der Waals surface area contributed by atoms with Gasteiger partial charge in [0.1, 0.15) is 0 Å². The number of amides is 1. The average Bonchev–Trinajstić information content (AvgIpc) is 3.18. The summed E-state index contributed by atoms with van der Waals surface area (Å²) in [6.45, 7) is 8.10. The van der Waals surface area contributed by atoms with Gasteiger partial charge in [-0.15, -0.1) is 11.3 Å². The van der Waals surface area contributed by atoms with E-state index in [9.17, 15) is 4.79 Å². The average molecular weight is 414 g/mol. The summed E-state index contributed by atoms with van der Waals surface area (Å²) in [5.74, 6) is 0.348. The molecule has 4 rings (SSSR count). The number of hydrogen-bond acceptors (Lipinski definition) is 6. The molecule has 2 fully saturated rings. The van der Waals surface area contributed by atoms with Crippen molar-refractivity contribution in [3.8, 4) is 0 Å². The quantitative estimate of drug-likeness (QED) is 0.789. The molecule has 2 aliphatic rings. The van der Waals surface area contributed by atoms with Crippen LogP contribution in [0.5, 0.6) is 0 Å². The van der Waals surface area contributed by atoms with Crippen LogP contribution in [0.25, 0.3) is 0 Å². The zero-order valence-corrected chi connectivity index (χ0v) is 18.0. The molecule has 156 valence electrons. The van der Waals surface area contributed by atoms with E-state index in [0.717, 1.165) is 56.1 Å². The van der Waals surface area contributed by atoms with Crippen LogP contribution in [0.15, 0.2) is 30.7 Å². The van der Waals surface area contributed by atoms with Crippen molar-refractivity contribution in [2.24, 2.45) is 5.92 Å². The van der Waals surface area contributed by atoms with Crippen molar-refractivity contribution in [2.75, 3.05) is 26.2 Å². The van der Waals surface area contributed by atoms with E-state index < -0.39 is 0 Å². The summed E-state index contributed by atoms with van der Waals surface area (Å²) in [5, 5.41) is 4.24. The molecule has 7 heteroatoms. The van der Waals surface area contributed by atoms with Crippen molar-refractivity contribution in [1.29, 1.82) is 0 Å². The molecule has 2 saturated heterocycles. The Hall–Kier alpha value is -1.83. The van der Waals surface area contributed by atoms with E-state index in [4.69, 9.17) is 0 Å². The zero-order chi connectivity index (χ0) is 20.1. The van der Waals surface area contributed by atoms with Crippen molar-refractivity contribution in [3.05, 3.63) is 46.2 Å². The van der Waals surface area contributed by atoms with Gasteiger partial charge >= 0.3 is 0 Å². The lowest BCUT2D eigenvalue weighted by molar-refractivity contribution is -0.126. The molecule has 2 aromatic rings. The molecule has 2 aromatic heterocycles. The van der Waals surface area contributed by atoms with E-state index in [1.165, 1.54) is 17.7 Å². The van der Waals surface area contributed by atoms with Crippen LogP contribution in [0.4, 0.5) is 0 Å². The first-order valence-corrected chi connectivity index (χ1v) is 11.5. The van der Waals surface area contributed by atoms with Crippen LogP contribution in [-0.4, -0.2) is 57.9 Å². The van der Waals surface area contributed by atoms with Crippen LogP contribution in [0.3, 0.4) is 0 Å². The highest BCUT2D eigenvalue weighted by Crippen LogP contribution is 2.25. The number of pyridine rings is 1. The molecule has 0 aliphatic carbocycles. The SMILES string of the molecule is Cc1ncc(CN2CCC(N3CCC(C(=O)NCc4cccnc4)CC3)CC2)s1. The van der Waals surface area contributed by atoms with Crippen LogP contribution < -0.4 is 5.32 Å². The lowest BCUT2D eigenvalue weighted by Crippen LogP contribution is -2.49. The third-order valence-electron chi connectivity index (χ3n) is 6.21. The van der Waals surface area contributed by atoms with Gasteiger partial charge in [0.15, 0.2) is 0 Å². The Labute approximate surface area is 177 Å². The third-order valence-corrected chi connectivity index (χ3v) is 7.11. The predicted molar refractivity (Wildman–Crippen MR) is 116 cm³/mol. The number of nitrogens with one attached hydrogen (secondary N) is 1. The first-order chi connectivity index (χ1) is 14.2. The molecule has 1 N–H and O–H groups in total. The topological polar surface area (TPSA) is 61.4 Å². The van der Waals surface area contributed by atoms with Gasteiger partial charge in [-0.3, -0.25) is 14.7 Å². The minimum absolute atomic E-state index is 0.151. The van der Waals surface area contributed by atoms with Crippen molar-refractivity contribution in [1.82, 2.24) is 25.1 Å². The summed E-state index contributed by atoms with van der Waals surface area (Å²) in [6.07, 6.45) is 10.00. The molecule has 0 atom stereocenters. The summed E-state index contributed by atoms with van der Waals surface area (Å²) in [6, 6.07) is 4.58. The molecular formula is C22H31N5OS. The number of carbonyl (C=O) groups is 1. The van der Waals surface area contributed by atoms with E-state index in [1.807, 2.05) is 35.9 Å². The fourth-order valence-corrected chi connectivity index (χ4v) is 5.34. The first-order valence-electron chi connectivity index (χ1n) is 10.7. The van der Waals surface area contributed by atoms with E-state index >= 15 is 0 Å². The number of aryl methyl sites for hydroxylation is 1. The summed E-state index contributed by atoms with van der Waals surface area (Å²) >= 11 is 1.81. The number of likely N-dealkylation sites (tertiary alicyclic amines) is 2. The monoisotopic (exact) mass is 413 g/mol. The Morgan fingerprint density at radius 1 is 1.17 bits per heavy atom. The second-order valence-corrected chi connectivity index (χ2v) is 9.56. The summed E-state index contributed by atoms with van der Waals surface area (Å²) in [4.78, 5) is 27.5. The maximum absolute atomic E-state index is 12.5. The molecule has 4 heterocycles. The normalized spacial score (nSPS) is 20.0. The number of thiazole rings is 1. The van der Waals surface area contributed by atoms with Crippen molar-refractivity contribution < 1.29 is 4.79 Å². The minimum Gasteiger partial charge on any atom is -0.352 e. The van der Waals surface area contributed by atoms with Crippen LogP contribution >= 0.6 is 11.3 Å². The van der Waals surface area contributed by atoms with Crippen LogP contribution in [0, 0.1) is 12.8 Å². The highest BCUT2D eigenvalue weighted by Gasteiger charge is 2.30. The third kappa shape index (κ3) is 5.62. The lowest BCUT2D eigenvalue weighted by atomic mass is 9.92. The van der Waals surface area contributed by atoms with E-state index in [0.29, 0.717) is 12.6 Å². The van der Waals surface area contributed by atoms with Crippen LogP contribution in [-0.2, 0) is 17.9 Å². The van der Waals surface area contributed by atoms with Crippen LogP contribution in [0.2, 0.25) is 0 Å². The molecule has 0 unspecified atom stereocenters. The number of piperidine rings is 2. The van der Waals surface area contributed by atoms with E-state index in [-0.39, 0.29) is 11.8 Å². The fraction of sp³-hybridized carbons (Fsp3) is 0.591. The van der Waals surface area contributed by atoms with Gasteiger partial charge in [-0.25, -0.2) is 4.98 Å². The fourth-order valence-electron chi connectivity index (χ4n) is 4.50. The molecule has 2 aliphatic heterocycles. The van der Waals surface area contributed by atoms with Gasteiger partial charge in [0.25, 0.3) is 0 Å². The van der Waals surface area contributed by atoms with Gasteiger partial charge < -0.3 is 10.2 Å². The van der Waals surface area contributed by atoms with Gasteiger partial charge in [0.05, 0.1) is 5.01 Å². The van der Waals surface area contributed by atoms with Gasteiger partial charge in [0, 0.05) is 61.6 Å². The maximum Gasteiger partial charge on any atom is 0.223 e. The molecule has 0 aromatic carbocycles. The molecular weight excluding hydrogens is 382 g/mol. The number of hydrogen-bond donors (Lipinski definition) is 1.